The van der Waals surface area contributed by atoms with Crippen LogP contribution >= 0.6 is 11.9 Å². The van der Waals surface area contributed by atoms with Gasteiger partial charge in [0, 0.05) is 62.7 Å². The summed E-state index contributed by atoms with van der Waals surface area (Å²) in [7, 11) is 1.99. The number of carbonyl (C=O) groups excluding carboxylic acids is 1. The third-order valence-electron chi connectivity index (χ3n) is 8.81. The molecule has 1 aliphatic carbocycles. The van der Waals surface area contributed by atoms with Crippen LogP contribution in [0.2, 0.25) is 0 Å². The lowest BCUT2D eigenvalue weighted by Crippen LogP contribution is -2.48. The number of anilines is 3. The second kappa shape index (κ2) is 10.2. The average molecular weight is 561 g/mol. The molecular formula is C29H36N8O2S. The summed E-state index contributed by atoms with van der Waals surface area (Å²) in [6.07, 6.45) is 7.92. The number of hydrogen-bond donors (Lipinski definition) is 1. The van der Waals surface area contributed by atoms with Gasteiger partial charge in [0.2, 0.25) is 11.8 Å². The monoisotopic (exact) mass is 560 g/mol. The molecule has 210 valence electrons. The molecule has 1 saturated carbocycles. The van der Waals surface area contributed by atoms with Crippen molar-refractivity contribution in [1.82, 2.24) is 25.1 Å². The van der Waals surface area contributed by atoms with Crippen molar-refractivity contribution in [3.05, 3.63) is 30.5 Å². The Balaban J connectivity index is 1.26. The molecule has 2 saturated heterocycles. The van der Waals surface area contributed by atoms with E-state index in [2.05, 4.69) is 36.6 Å². The van der Waals surface area contributed by atoms with Crippen molar-refractivity contribution >= 4 is 35.3 Å². The van der Waals surface area contributed by atoms with E-state index in [1.54, 1.807) is 18.1 Å². The minimum Gasteiger partial charge on any atom is -0.416 e. The quantitative estimate of drug-likeness (QED) is 0.453. The van der Waals surface area contributed by atoms with Gasteiger partial charge in [-0.3, -0.25) is 4.79 Å². The lowest BCUT2D eigenvalue weighted by molar-refractivity contribution is -0.136. The number of carbonyl (C=O) groups is 1. The van der Waals surface area contributed by atoms with Gasteiger partial charge in [-0.25, -0.2) is 9.97 Å². The molecule has 8 bridgehead atoms. The second-order valence-corrected chi connectivity index (χ2v) is 13.2. The Labute approximate surface area is 239 Å². The number of nitrogens with zero attached hydrogens (tertiary/aromatic N) is 7. The van der Waals surface area contributed by atoms with E-state index in [1.807, 2.05) is 36.2 Å². The van der Waals surface area contributed by atoms with Gasteiger partial charge in [-0.1, -0.05) is 6.92 Å². The predicted octanol–water partition coefficient (Wildman–Crippen LogP) is 4.71. The largest absolute Gasteiger partial charge is 0.416 e. The van der Waals surface area contributed by atoms with Gasteiger partial charge in [-0.05, 0) is 80.2 Å². The summed E-state index contributed by atoms with van der Waals surface area (Å²) in [6.45, 7) is 6.40. The van der Waals surface area contributed by atoms with Crippen molar-refractivity contribution in [2.45, 2.75) is 50.7 Å². The number of hydrogen-bond acceptors (Lipinski definition) is 10. The van der Waals surface area contributed by atoms with Gasteiger partial charge in [-0.15, -0.1) is 10.2 Å². The van der Waals surface area contributed by atoms with Crippen LogP contribution in [0.4, 0.5) is 17.5 Å². The van der Waals surface area contributed by atoms with Gasteiger partial charge in [0.15, 0.2) is 0 Å². The zero-order valence-electron chi connectivity index (χ0n) is 23.2. The van der Waals surface area contributed by atoms with Gasteiger partial charge in [-0.2, -0.15) is 0 Å². The smallest absolute Gasteiger partial charge is 0.251 e. The molecule has 0 radical (unpaired) electrons. The van der Waals surface area contributed by atoms with Gasteiger partial charge in [0.25, 0.3) is 5.89 Å². The number of fused-ring (bicyclic) bond motifs is 2. The summed E-state index contributed by atoms with van der Waals surface area (Å²) in [5, 5.41) is 9.56. The summed E-state index contributed by atoms with van der Waals surface area (Å²) in [5.74, 6) is 3.84. The van der Waals surface area contributed by atoms with E-state index in [0.29, 0.717) is 17.0 Å². The fourth-order valence-electron chi connectivity index (χ4n) is 6.15. The van der Waals surface area contributed by atoms with Crippen LogP contribution in [0.15, 0.2) is 34.9 Å². The molecule has 3 fully saturated rings. The van der Waals surface area contributed by atoms with E-state index in [0.717, 1.165) is 87.0 Å². The first-order chi connectivity index (χ1) is 19.4. The maximum absolute atomic E-state index is 13.5. The summed E-state index contributed by atoms with van der Waals surface area (Å²) in [5.41, 5.74) is 1.73. The van der Waals surface area contributed by atoms with Crippen LogP contribution in [0.1, 0.15) is 45.4 Å². The summed E-state index contributed by atoms with van der Waals surface area (Å²) in [4.78, 5) is 29.7. The van der Waals surface area contributed by atoms with Crippen LogP contribution in [-0.2, 0) is 4.79 Å². The van der Waals surface area contributed by atoms with E-state index >= 15 is 0 Å². The maximum Gasteiger partial charge on any atom is 0.251 e. The average Bonchev–Trinajstić information content (AvgIpc) is 3.69. The highest BCUT2D eigenvalue weighted by Crippen LogP contribution is 2.40. The second-order valence-electron chi connectivity index (χ2n) is 12.1. The lowest BCUT2D eigenvalue weighted by Gasteiger charge is -2.43. The number of piperidine rings is 2. The molecule has 40 heavy (non-hydrogen) atoms. The fourth-order valence-corrected chi connectivity index (χ4v) is 6.92. The molecule has 10 nitrogen and oxygen atoms in total. The Hall–Kier alpha value is -3.34. The molecule has 5 aliphatic heterocycles. The highest BCUT2D eigenvalue weighted by molar-refractivity contribution is 8.01. The Morgan fingerprint density at radius 2 is 1.77 bits per heavy atom. The van der Waals surface area contributed by atoms with E-state index in [-0.39, 0.29) is 17.2 Å². The number of nitrogens with one attached hydrogen (secondary N) is 1. The third-order valence-corrected chi connectivity index (χ3v) is 9.94. The van der Waals surface area contributed by atoms with Crippen LogP contribution in [0.25, 0.3) is 22.9 Å². The van der Waals surface area contributed by atoms with Crippen molar-refractivity contribution in [3.63, 3.8) is 0 Å². The van der Waals surface area contributed by atoms with E-state index in [4.69, 9.17) is 9.40 Å². The Morgan fingerprint density at radius 1 is 1.00 bits per heavy atom. The van der Waals surface area contributed by atoms with Crippen LogP contribution in [-0.4, -0.2) is 76.0 Å². The van der Waals surface area contributed by atoms with Crippen molar-refractivity contribution < 1.29 is 9.21 Å². The predicted molar refractivity (Wildman–Crippen MR) is 157 cm³/mol. The number of amides is 1. The molecule has 9 rings (SSSR count). The van der Waals surface area contributed by atoms with E-state index in [9.17, 15) is 4.79 Å². The van der Waals surface area contributed by atoms with Crippen LogP contribution in [0.5, 0.6) is 0 Å². The van der Waals surface area contributed by atoms with Gasteiger partial charge < -0.3 is 23.8 Å². The highest BCUT2D eigenvalue weighted by Gasteiger charge is 2.36. The van der Waals surface area contributed by atoms with Crippen LogP contribution in [0.3, 0.4) is 0 Å². The van der Waals surface area contributed by atoms with Crippen molar-refractivity contribution in [1.29, 1.82) is 0 Å². The minimum atomic E-state index is 0.0586. The Kier molecular flexibility index (Phi) is 6.56. The molecule has 1 amide bonds. The van der Waals surface area contributed by atoms with Crippen molar-refractivity contribution in [3.8, 4) is 22.9 Å². The minimum absolute atomic E-state index is 0.0586. The van der Waals surface area contributed by atoms with Crippen LogP contribution in [0, 0.1) is 11.3 Å². The molecule has 0 unspecified atom stereocenters. The van der Waals surface area contributed by atoms with Gasteiger partial charge >= 0.3 is 0 Å². The molecule has 0 atom stereocenters. The molecule has 3 aromatic heterocycles. The molecule has 6 aliphatic rings. The van der Waals surface area contributed by atoms with Crippen molar-refractivity contribution in [2.24, 2.45) is 11.3 Å². The standard InChI is InChI=1S/C29H36N8O2S/c1-29-10-15-37(16-11-29)25-22(5-6-23(31-25)34-40-21-3-4-21)27-33-32-26(39-27)20-7-12-30-24(17-20)36-13-8-19(9-14-36)28(38)35(2)18-29/h5-7,12,17,19,21H,3-4,8-11,13-16,18H2,1-2H3,(H,31,34). The van der Waals surface area contributed by atoms with E-state index < -0.39 is 0 Å². The third kappa shape index (κ3) is 5.11. The topological polar surface area (TPSA) is 104 Å². The highest BCUT2D eigenvalue weighted by atomic mass is 32.2. The van der Waals surface area contributed by atoms with E-state index in [1.165, 1.54) is 12.8 Å². The normalized spacial score (nSPS) is 24.9. The molecule has 0 aromatic carbocycles. The summed E-state index contributed by atoms with van der Waals surface area (Å²) >= 11 is 1.75. The molecule has 0 spiro atoms. The fraction of sp³-hybridized carbons (Fsp3) is 0.552. The first-order valence-electron chi connectivity index (χ1n) is 14.4. The molecule has 3 aromatic rings. The van der Waals surface area contributed by atoms with Gasteiger partial charge in [0.1, 0.15) is 17.5 Å². The summed E-state index contributed by atoms with van der Waals surface area (Å²) in [6, 6.07) is 7.95. The summed E-state index contributed by atoms with van der Waals surface area (Å²) < 4.78 is 9.73. The Morgan fingerprint density at radius 3 is 2.55 bits per heavy atom. The van der Waals surface area contributed by atoms with Gasteiger partial charge in [0.05, 0.1) is 5.56 Å². The number of rotatable bonds is 3. The maximum atomic E-state index is 13.5. The first kappa shape index (κ1) is 25.6. The number of pyridine rings is 2. The lowest BCUT2D eigenvalue weighted by atomic mass is 9.79. The SMILES string of the molecule is CN1CC2(C)CCN(CC2)c2nc(NSC3CC3)ccc2-c2nnc(o2)-c2ccnc(c2)N2CCC(CC2)C1=O. The molecular weight excluding hydrogens is 524 g/mol. The molecule has 8 heterocycles. The van der Waals surface area contributed by atoms with Crippen LogP contribution < -0.4 is 14.5 Å². The zero-order valence-corrected chi connectivity index (χ0v) is 24.0. The Bertz CT molecular complexity index is 1390. The van der Waals surface area contributed by atoms with Crippen molar-refractivity contribution in [2.75, 3.05) is 54.3 Å². The zero-order chi connectivity index (χ0) is 27.3. The number of aromatic nitrogens is 4. The molecule has 1 N–H and O–H groups in total. The molecule has 11 heteroatoms. The first-order valence-corrected chi connectivity index (χ1v) is 15.3.